The van der Waals surface area contributed by atoms with Crippen LogP contribution in [0, 0.1) is 6.92 Å². The van der Waals surface area contributed by atoms with Crippen LogP contribution in [0.15, 0.2) is 53.0 Å². The van der Waals surface area contributed by atoms with Crippen LogP contribution in [0.3, 0.4) is 0 Å². The lowest BCUT2D eigenvalue weighted by Gasteiger charge is -2.26. The second-order valence-corrected chi connectivity index (χ2v) is 6.40. The van der Waals surface area contributed by atoms with Gasteiger partial charge in [-0.3, -0.25) is 4.79 Å². The van der Waals surface area contributed by atoms with Gasteiger partial charge in [-0.1, -0.05) is 51.8 Å². The van der Waals surface area contributed by atoms with E-state index in [-0.39, 0.29) is 11.9 Å². The average Bonchev–Trinajstić information content (AvgIpc) is 2.97. The number of halogens is 1. The maximum absolute atomic E-state index is 12.8. The van der Waals surface area contributed by atoms with Crippen LogP contribution in [0.5, 0.6) is 0 Å². The number of hydrogen-bond donors (Lipinski definition) is 0. The van der Waals surface area contributed by atoms with Crippen LogP contribution < -0.4 is 0 Å². The SMILES string of the molecule is Cc1ccc(C(=O)N2CCCC2c2ccccc2Br)cc1. The van der Waals surface area contributed by atoms with Crippen molar-refractivity contribution in [1.29, 1.82) is 0 Å². The monoisotopic (exact) mass is 343 g/mol. The van der Waals surface area contributed by atoms with Gasteiger partial charge in [0, 0.05) is 16.6 Å². The molecule has 0 bridgehead atoms. The Morgan fingerprint density at radius 1 is 1.14 bits per heavy atom. The van der Waals surface area contributed by atoms with Crippen LogP contribution in [0.1, 0.15) is 40.4 Å². The standard InChI is InChI=1S/C18H18BrNO/c1-13-8-10-14(11-9-13)18(21)20-12-4-7-17(20)15-5-2-3-6-16(15)19/h2-3,5-6,8-11,17H,4,7,12H2,1H3. The van der Waals surface area contributed by atoms with Crippen LogP contribution in [0.2, 0.25) is 0 Å². The van der Waals surface area contributed by atoms with E-state index in [1.807, 2.05) is 54.3 Å². The van der Waals surface area contributed by atoms with Crippen LogP contribution in [-0.2, 0) is 0 Å². The maximum atomic E-state index is 12.8. The number of likely N-dealkylation sites (tertiary alicyclic amines) is 1. The van der Waals surface area contributed by atoms with E-state index >= 15 is 0 Å². The second-order valence-electron chi connectivity index (χ2n) is 5.54. The Bertz CT molecular complexity index is 651. The lowest BCUT2D eigenvalue weighted by Crippen LogP contribution is -2.30. The number of nitrogens with zero attached hydrogens (tertiary/aromatic N) is 1. The molecule has 0 radical (unpaired) electrons. The predicted molar refractivity (Wildman–Crippen MR) is 88.3 cm³/mol. The highest BCUT2D eigenvalue weighted by Crippen LogP contribution is 2.36. The van der Waals surface area contributed by atoms with Crippen molar-refractivity contribution < 1.29 is 4.79 Å². The summed E-state index contributed by atoms with van der Waals surface area (Å²) >= 11 is 3.61. The van der Waals surface area contributed by atoms with Crippen molar-refractivity contribution in [3.8, 4) is 0 Å². The molecule has 1 atom stereocenters. The third-order valence-corrected chi connectivity index (χ3v) is 4.80. The van der Waals surface area contributed by atoms with Crippen molar-refractivity contribution in [3.63, 3.8) is 0 Å². The van der Waals surface area contributed by atoms with Gasteiger partial charge in [0.25, 0.3) is 5.91 Å². The van der Waals surface area contributed by atoms with Gasteiger partial charge < -0.3 is 4.90 Å². The van der Waals surface area contributed by atoms with Gasteiger partial charge in [-0.25, -0.2) is 0 Å². The molecule has 21 heavy (non-hydrogen) atoms. The number of amides is 1. The molecule has 2 aromatic carbocycles. The van der Waals surface area contributed by atoms with Crippen molar-refractivity contribution in [2.45, 2.75) is 25.8 Å². The van der Waals surface area contributed by atoms with Gasteiger partial charge in [0.1, 0.15) is 0 Å². The Morgan fingerprint density at radius 3 is 2.57 bits per heavy atom. The van der Waals surface area contributed by atoms with Gasteiger partial charge in [-0.05, 0) is 43.5 Å². The summed E-state index contributed by atoms with van der Waals surface area (Å²) in [7, 11) is 0. The quantitative estimate of drug-likeness (QED) is 0.771. The minimum atomic E-state index is 0.133. The Balaban J connectivity index is 1.89. The number of hydrogen-bond acceptors (Lipinski definition) is 1. The fourth-order valence-electron chi connectivity index (χ4n) is 2.94. The zero-order valence-electron chi connectivity index (χ0n) is 12.1. The van der Waals surface area contributed by atoms with E-state index in [1.165, 1.54) is 11.1 Å². The molecule has 0 N–H and O–H groups in total. The highest BCUT2D eigenvalue weighted by atomic mass is 79.9. The molecule has 1 amide bonds. The molecule has 108 valence electrons. The average molecular weight is 344 g/mol. The van der Waals surface area contributed by atoms with Gasteiger partial charge in [0.05, 0.1) is 6.04 Å². The summed E-state index contributed by atoms with van der Waals surface area (Å²) in [5.74, 6) is 0.133. The summed E-state index contributed by atoms with van der Waals surface area (Å²) in [6.45, 7) is 2.87. The number of rotatable bonds is 2. The first-order valence-electron chi connectivity index (χ1n) is 7.29. The fourth-order valence-corrected chi connectivity index (χ4v) is 3.49. The van der Waals surface area contributed by atoms with Crippen LogP contribution >= 0.6 is 15.9 Å². The number of carbonyl (C=O) groups is 1. The van der Waals surface area contributed by atoms with E-state index < -0.39 is 0 Å². The Hall–Kier alpha value is -1.61. The Kier molecular flexibility index (Phi) is 4.11. The normalized spacial score (nSPS) is 18.0. The third kappa shape index (κ3) is 2.88. The van der Waals surface area contributed by atoms with Gasteiger partial charge >= 0.3 is 0 Å². The molecule has 2 nitrogen and oxygen atoms in total. The highest BCUT2D eigenvalue weighted by Gasteiger charge is 2.31. The Morgan fingerprint density at radius 2 is 1.86 bits per heavy atom. The molecule has 1 saturated heterocycles. The zero-order valence-corrected chi connectivity index (χ0v) is 13.6. The minimum absolute atomic E-state index is 0.133. The van der Waals surface area contributed by atoms with E-state index in [1.54, 1.807) is 0 Å². The highest BCUT2D eigenvalue weighted by molar-refractivity contribution is 9.10. The first-order valence-corrected chi connectivity index (χ1v) is 8.08. The van der Waals surface area contributed by atoms with Gasteiger partial charge in [0.2, 0.25) is 0 Å². The number of aryl methyl sites for hydroxylation is 1. The van der Waals surface area contributed by atoms with Gasteiger partial charge in [-0.2, -0.15) is 0 Å². The minimum Gasteiger partial charge on any atom is -0.332 e. The zero-order chi connectivity index (χ0) is 14.8. The molecule has 0 aliphatic carbocycles. The smallest absolute Gasteiger partial charge is 0.254 e. The van der Waals surface area contributed by atoms with E-state index in [9.17, 15) is 4.79 Å². The maximum Gasteiger partial charge on any atom is 0.254 e. The second kappa shape index (κ2) is 6.02. The van der Waals surface area contributed by atoms with E-state index in [0.717, 1.165) is 29.4 Å². The molecular weight excluding hydrogens is 326 g/mol. The van der Waals surface area contributed by atoms with E-state index in [2.05, 4.69) is 22.0 Å². The topological polar surface area (TPSA) is 20.3 Å². The molecular formula is C18H18BrNO. The van der Waals surface area contributed by atoms with Crippen molar-refractivity contribution in [2.75, 3.05) is 6.54 Å². The lowest BCUT2D eigenvalue weighted by molar-refractivity contribution is 0.0735. The summed E-state index contributed by atoms with van der Waals surface area (Å²) < 4.78 is 1.08. The molecule has 3 heteroatoms. The largest absolute Gasteiger partial charge is 0.332 e. The van der Waals surface area contributed by atoms with Crippen molar-refractivity contribution in [3.05, 3.63) is 69.7 Å². The fraction of sp³-hybridized carbons (Fsp3) is 0.278. The van der Waals surface area contributed by atoms with Gasteiger partial charge in [0.15, 0.2) is 0 Å². The number of benzene rings is 2. The third-order valence-electron chi connectivity index (χ3n) is 4.08. The molecule has 0 saturated carbocycles. The van der Waals surface area contributed by atoms with Crippen molar-refractivity contribution in [1.82, 2.24) is 4.90 Å². The predicted octanol–water partition coefficient (Wildman–Crippen LogP) is 4.73. The molecule has 1 heterocycles. The van der Waals surface area contributed by atoms with Crippen molar-refractivity contribution >= 4 is 21.8 Å². The van der Waals surface area contributed by atoms with Gasteiger partial charge in [-0.15, -0.1) is 0 Å². The van der Waals surface area contributed by atoms with Crippen molar-refractivity contribution in [2.24, 2.45) is 0 Å². The lowest BCUT2D eigenvalue weighted by atomic mass is 10.0. The van der Waals surface area contributed by atoms with E-state index in [0.29, 0.717) is 0 Å². The van der Waals surface area contributed by atoms with Crippen LogP contribution in [0.4, 0.5) is 0 Å². The summed E-state index contributed by atoms with van der Waals surface area (Å²) in [5.41, 5.74) is 3.16. The molecule has 0 spiro atoms. The molecule has 1 fully saturated rings. The van der Waals surface area contributed by atoms with Crippen LogP contribution in [0.25, 0.3) is 0 Å². The van der Waals surface area contributed by atoms with Crippen LogP contribution in [-0.4, -0.2) is 17.4 Å². The summed E-state index contributed by atoms with van der Waals surface area (Å²) in [4.78, 5) is 14.8. The molecule has 1 unspecified atom stereocenters. The molecule has 1 aliphatic rings. The molecule has 3 rings (SSSR count). The van der Waals surface area contributed by atoms with E-state index in [4.69, 9.17) is 0 Å². The first-order chi connectivity index (χ1) is 10.2. The summed E-state index contributed by atoms with van der Waals surface area (Å²) in [6.07, 6.45) is 2.09. The molecule has 2 aromatic rings. The molecule has 0 aromatic heterocycles. The molecule has 1 aliphatic heterocycles. The Labute approximate surface area is 133 Å². The number of carbonyl (C=O) groups excluding carboxylic acids is 1. The summed E-state index contributed by atoms with van der Waals surface area (Å²) in [6, 6.07) is 16.2. The first kappa shape index (κ1) is 14.3. The summed E-state index contributed by atoms with van der Waals surface area (Å²) in [5, 5.41) is 0.